The van der Waals surface area contributed by atoms with Crippen LogP contribution in [0.4, 0.5) is 17.5 Å². The van der Waals surface area contributed by atoms with E-state index in [1.165, 1.54) is 0 Å². The summed E-state index contributed by atoms with van der Waals surface area (Å²) in [6, 6.07) is 15.5. The molecule has 152 valence electrons. The molecule has 0 saturated heterocycles. The summed E-state index contributed by atoms with van der Waals surface area (Å²) in [5, 5.41) is 18.5. The molecule has 8 heteroatoms. The van der Waals surface area contributed by atoms with Crippen LogP contribution in [0, 0.1) is 6.92 Å². The highest BCUT2D eigenvalue weighted by molar-refractivity contribution is 5.88. The molecule has 0 unspecified atom stereocenters. The zero-order valence-corrected chi connectivity index (χ0v) is 16.6. The quantitative estimate of drug-likeness (QED) is 0.338. The smallest absolute Gasteiger partial charge is 0.224 e. The molecule has 4 aromatic rings. The normalized spacial score (nSPS) is 10.7. The first-order valence-electron chi connectivity index (χ1n) is 9.76. The number of rotatable bonds is 8. The predicted octanol–water partition coefficient (Wildman–Crippen LogP) is 3.18. The Hall–Kier alpha value is -3.94. The van der Waals surface area contributed by atoms with E-state index in [9.17, 15) is 4.79 Å². The lowest BCUT2D eigenvalue weighted by Crippen LogP contribution is -2.30. The van der Waals surface area contributed by atoms with Crippen molar-refractivity contribution in [1.29, 1.82) is 0 Å². The molecular weight excluding hydrogens is 378 g/mol. The number of benzene rings is 1. The lowest BCUT2D eigenvalue weighted by atomic mass is 10.1. The SMILES string of the molecule is Cc1ccc(Nc2ccc(NCCNC(=O)Cc3c[nH]c4ccccc34)nn2)nc1. The van der Waals surface area contributed by atoms with E-state index in [1.807, 2.05) is 61.7 Å². The molecule has 3 heterocycles. The number of hydrogen-bond donors (Lipinski definition) is 4. The van der Waals surface area contributed by atoms with E-state index in [0.29, 0.717) is 37.0 Å². The number of H-pyrrole nitrogens is 1. The fraction of sp³-hybridized carbons (Fsp3) is 0.182. The Morgan fingerprint density at radius 3 is 2.57 bits per heavy atom. The molecule has 4 N–H and O–H groups in total. The molecule has 1 amide bonds. The first-order chi connectivity index (χ1) is 14.7. The van der Waals surface area contributed by atoms with Crippen LogP contribution in [0.15, 0.2) is 60.9 Å². The van der Waals surface area contributed by atoms with Crippen molar-refractivity contribution >= 4 is 34.3 Å². The zero-order valence-electron chi connectivity index (χ0n) is 16.6. The van der Waals surface area contributed by atoms with Gasteiger partial charge < -0.3 is 20.9 Å². The number of para-hydroxylation sites is 1. The Labute approximate surface area is 174 Å². The average Bonchev–Trinajstić information content (AvgIpc) is 3.17. The Morgan fingerprint density at radius 2 is 1.77 bits per heavy atom. The summed E-state index contributed by atoms with van der Waals surface area (Å²) in [5.74, 6) is 1.96. The lowest BCUT2D eigenvalue weighted by Gasteiger charge is -2.08. The largest absolute Gasteiger partial charge is 0.367 e. The van der Waals surface area contributed by atoms with Gasteiger partial charge in [0.15, 0.2) is 5.82 Å². The summed E-state index contributed by atoms with van der Waals surface area (Å²) in [6.45, 7) is 3.04. The van der Waals surface area contributed by atoms with Crippen LogP contribution < -0.4 is 16.0 Å². The third-order valence-electron chi connectivity index (χ3n) is 4.61. The molecular formula is C22H23N7O. The standard InChI is InChI=1S/C22H23N7O/c1-15-6-7-19(26-13-15)27-21-9-8-20(28-29-21)23-10-11-24-22(30)12-16-14-25-18-5-3-2-4-17(16)18/h2-9,13-14,25H,10-12H2,1H3,(H,23,28)(H,24,30)(H,26,27,29). The van der Waals surface area contributed by atoms with Crippen molar-refractivity contribution in [3.63, 3.8) is 0 Å². The molecule has 0 saturated carbocycles. The maximum absolute atomic E-state index is 12.2. The zero-order chi connectivity index (χ0) is 20.8. The van der Waals surface area contributed by atoms with E-state index in [2.05, 4.69) is 36.1 Å². The van der Waals surface area contributed by atoms with Crippen LogP contribution in [-0.2, 0) is 11.2 Å². The van der Waals surface area contributed by atoms with Gasteiger partial charge in [-0.05, 0) is 42.3 Å². The number of amides is 1. The van der Waals surface area contributed by atoms with Crippen LogP contribution >= 0.6 is 0 Å². The van der Waals surface area contributed by atoms with E-state index in [-0.39, 0.29) is 5.91 Å². The molecule has 0 aliphatic carbocycles. The summed E-state index contributed by atoms with van der Waals surface area (Å²) in [4.78, 5) is 19.7. The molecule has 30 heavy (non-hydrogen) atoms. The molecule has 0 aliphatic rings. The van der Waals surface area contributed by atoms with Gasteiger partial charge in [-0.1, -0.05) is 24.3 Å². The van der Waals surface area contributed by atoms with E-state index in [4.69, 9.17) is 0 Å². The van der Waals surface area contributed by atoms with E-state index in [1.54, 1.807) is 6.20 Å². The van der Waals surface area contributed by atoms with Gasteiger partial charge in [-0.3, -0.25) is 4.79 Å². The maximum atomic E-state index is 12.2. The van der Waals surface area contributed by atoms with Crippen molar-refractivity contribution in [2.75, 3.05) is 23.7 Å². The fourth-order valence-corrected chi connectivity index (χ4v) is 3.07. The fourth-order valence-electron chi connectivity index (χ4n) is 3.07. The minimum Gasteiger partial charge on any atom is -0.367 e. The topological polar surface area (TPSA) is 108 Å². The van der Waals surface area contributed by atoms with Crippen LogP contribution in [0.5, 0.6) is 0 Å². The highest BCUT2D eigenvalue weighted by Crippen LogP contribution is 2.18. The van der Waals surface area contributed by atoms with Gasteiger partial charge in [-0.25, -0.2) is 4.98 Å². The van der Waals surface area contributed by atoms with Crippen LogP contribution in [0.2, 0.25) is 0 Å². The highest BCUT2D eigenvalue weighted by atomic mass is 16.1. The van der Waals surface area contributed by atoms with Crippen molar-refractivity contribution in [3.05, 3.63) is 72.1 Å². The van der Waals surface area contributed by atoms with Crippen molar-refractivity contribution in [3.8, 4) is 0 Å². The molecule has 0 aliphatic heterocycles. The Bertz CT molecular complexity index is 1120. The molecule has 3 aromatic heterocycles. The third-order valence-corrected chi connectivity index (χ3v) is 4.61. The van der Waals surface area contributed by atoms with Crippen molar-refractivity contribution in [2.45, 2.75) is 13.3 Å². The Kier molecular flexibility index (Phi) is 5.84. The monoisotopic (exact) mass is 401 g/mol. The minimum absolute atomic E-state index is 0.0159. The molecule has 0 spiro atoms. The summed E-state index contributed by atoms with van der Waals surface area (Å²) in [6.07, 6.45) is 4.02. The number of fused-ring (bicyclic) bond motifs is 1. The molecule has 0 fully saturated rings. The highest BCUT2D eigenvalue weighted by Gasteiger charge is 2.08. The number of nitrogens with one attached hydrogen (secondary N) is 4. The van der Waals surface area contributed by atoms with Gasteiger partial charge >= 0.3 is 0 Å². The van der Waals surface area contributed by atoms with Gasteiger partial charge in [-0.2, -0.15) is 0 Å². The van der Waals surface area contributed by atoms with Gasteiger partial charge in [0.05, 0.1) is 6.42 Å². The number of carbonyl (C=O) groups is 1. The second-order valence-electron chi connectivity index (χ2n) is 6.96. The Balaban J connectivity index is 1.20. The second kappa shape index (κ2) is 9.04. The maximum Gasteiger partial charge on any atom is 0.224 e. The van der Waals surface area contributed by atoms with Gasteiger partial charge in [0.2, 0.25) is 5.91 Å². The molecule has 0 bridgehead atoms. The van der Waals surface area contributed by atoms with Crippen molar-refractivity contribution in [2.24, 2.45) is 0 Å². The predicted molar refractivity (Wildman–Crippen MR) is 118 cm³/mol. The molecule has 8 nitrogen and oxygen atoms in total. The van der Waals surface area contributed by atoms with Crippen LogP contribution in [0.1, 0.15) is 11.1 Å². The second-order valence-corrected chi connectivity index (χ2v) is 6.96. The number of hydrogen-bond acceptors (Lipinski definition) is 6. The number of aryl methyl sites for hydroxylation is 1. The van der Waals surface area contributed by atoms with E-state index < -0.39 is 0 Å². The number of carbonyl (C=O) groups excluding carboxylic acids is 1. The minimum atomic E-state index is -0.0159. The van der Waals surface area contributed by atoms with Gasteiger partial charge in [0.1, 0.15) is 11.6 Å². The first-order valence-corrected chi connectivity index (χ1v) is 9.76. The third kappa shape index (κ3) is 4.91. The van der Waals surface area contributed by atoms with Crippen LogP contribution in [0.25, 0.3) is 10.9 Å². The summed E-state index contributed by atoms with van der Waals surface area (Å²) >= 11 is 0. The summed E-state index contributed by atoms with van der Waals surface area (Å²) < 4.78 is 0. The van der Waals surface area contributed by atoms with Gasteiger partial charge in [-0.15, -0.1) is 10.2 Å². The number of anilines is 3. The van der Waals surface area contributed by atoms with E-state index in [0.717, 1.165) is 22.0 Å². The Morgan fingerprint density at radius 1 is 0.967 bits per heavy atom. The lowest BCUT2D eigenvalue weighted by molar-refractivity contribution is -0.120. The first kappa shape index (κ1) is 19.4. The summed E-state index contributed by atoms with van der Waals surface area (Å²) in [7, 11) is 0. The molecule has 1 aromatic carbocycles. The number of aromatic amines is 1. The number of aromatic nitrogens is 4. The van der Waals surface area contributed by atoms with Crippen molar-refractivity contribution < 1.29 is 4.79 Å². The van der Waals surface area contributed by atoms with Crippen LogP contribution in [0.3, 0.4) is 0 Å². The van der Waals surface area contributed by atoms with Gasteiger partial charge in [0.25, 0.3) is 0 Å². The molecule has 4 rings (SSSR count). The summed E-state index contributed by atoms with van der Waals surface area (Å²) in [5.41, 5.74) is 3.13. The van der Waals surface area contributed by atoms with Crippen molar-refractivity contribution in [1.82, 2.24) is 25.5 Å². The molecule has 0 radical (unpaired) electrons. The average molecular weight is 401 g/mol. The number of pyridine rings is 1. The molecule has 0 atom stereocenters. The van der Waals surface area contributed by atoms with Crippen LogP contribution in [-0.4, -0.2) is 39.2 Å². The van der Waals surface area contributed by atoms with Gasteiger partial charge in [0, 0.05) is 36.4 Å². The number of nitrogens with zero attached hydrogens (tertiary/aromatic N) is 3. The van der Waals surface area contributed by atoms with E-state index >= 15 is 0 Å².